The van der Waals surface area contributed by atoms with Gasteiger partial charge in [-0.1, -0.05) is 13.8 Å². The molecule has 20 heavy (non-hydrogen) atoms. The van der Waals surface area contributed by atoms with E-state index in [1.165, 1.54) is 12.8 Å². The minimum absolute atomic E-state index is 0.0941. The van der Waals surface area contributed by atoms with Crippen LogP contribution in [-0.4, -0.2) is 62.0 Å². The van der Waals surface area contributed by atoms with Crippen molar-refractivity contribution in [2.75, 3.05) is 46.3 Å². The van der Waals surface area contributed by atoms with Crippen molar-refractivity contribution >= 4 is 5.91 Å². The van der Waals surface area contributed by atoms with Crippen LogP contribution in [0.2, 0.25) is 0 Å². The lowest BCUT2D eigenvalue weighted by Gasteiger charge is -2.46. The fourth-order valence-corrected chi connectivity index (χ4v) is 4.84. The van der Waals surface area contributed by atoms with Crippen LogP contribution in [0.25, 0.3) is 0 Å². The van der Waals surface area contributed by atoms with Crippen molar-refractivity contribution in [1.29, 1.82) is 0 Å². The van der Waals surface area contributed by atoms with E-state index in [2.05, 4.69) is 36.0 Å². The zero-order chi connectivity index (χ0) is 14.4. The summed E-state index contributed by atoms with van der Waals surface area (Å²) in [5.41, 5.74) is 0.137. The SMILES string of the molecule is CC(C)CN1CC2(CCN(C)CC2)C2(CCNC2=O)C1. The maximum absolute atomic E-state index is 12.6. The van der Waals surface area contributed by atoms with Gasteiger partial charge in [-0.2, -0.15) is 0 Å². The molecule has 0 aromatic rings. The third kappa shape index (κ3) is 2.08. The summed E-state index contributed by atoms with van der Waals surface area (Å²) in [6, 6.07) is 0. The quantitative estimate of drug-likeness (QED) is 0.824. The van der Waals surface area contributed by atoms with E-state index in [9.17, 15) is 4.79 Å². The smallest absolute Gasteiger partial charge is 0.228 e. The fourth-order valence-electron chi connectivity index (χ4n) is 4.84. The average Bonchev–Trinajstić information content (AvgIpc) is 2.88. The van der Waals surface area contributed by atoms with Crippen LogP contribution in [0, 0.1) is 16.7 Å². The molecule has 0 aliphatic carbocycles. The molecule has 1 amide bonds. The van der Waals surface area contributed by atoms with Crippen molar-refractivity contribution in [2.45, 2.75) is 33.1 Å². The van der Waals surface area contributed by atoms with Gasteiger partial charge in [0.25, 0.3) is 0 Å². The number of amides is 1. The Balaban J connectivity index is 1.87. The summed E-state index contributed by atoms with van der Waals surface area (Å²) < 4.78 is 0. The van der Waals surface area contributed by atoms with Crippen LogP contribution in [0.3, 0.4) is 0 Å². The fraction of sp³-hybridized carbons (Fsp3) is 0.938. The van der Waals surface area contributed by atoms with Crippen molar-refractivity contribution in [3.63, 3.8) is 0 Å². The molecule has 4 heteroatoms. The molecule has 3 rings (SSSR count). The third-order valence-corrected chi connectivity index (χ3v) is 5.87. The molecule has 1 unspecified atom stereocenters. The second-order valence-electron chi connectivity index (χ2n) is 7.74. The van der Waals surface area contributed by atoms with Gasteiger partial charge < -0.3 is 15.1 Å². The van der Waals surface area contributed by atoms with E-state index in [1.807, 2.05) is 0 Å². The monoisotopic (exact) mass is 279 g/mol. The number of hydrogen-bond donors (Lipinski definition) is 1. The molecule has 3 aliphatic heterocycles. The number of rotatable bonds is 2. The van der Waals surface area contributed by atoms with Gasteiger partial charge in [-0.25, -0.2) is 0 Å². The molecule has 1 N–H and O–H groups in total. The Bertz CT molecular complexity index is 387. The summed E-state index contributed by atoms with van der Waals surface area (Å²) in [6.45, 7) is 11.0. The molecule has 0 aromatic carbocycles. The first kappa shape index (κ1) is 14.3. The topological polar surface area (TPSA) is 35.6 Å². The summed E-state index contributed by atoms with van der Waals surface area (Å²) in [5, 5.41) is 3.13. The molecule has 3 aliphatic rings. The maximum atomic E-state index is 12.6. The van der Waals surface area contributed by atoms with Gasteiger partial charge in [0.05, 0.1) is 5.41 Å². The largest absolute Gasteiger partial charge is 0.356 e. The van der Waals surface area contributed by atoms with Crippen molar-refractivity contribution in [3.8, 4) is 0 Å². The lowest BCUT2D eigenvalue weighted by Crippen LogP contribution is -2.51. The van der Waals surface area contributed by atoms with Gasteiger partial charge in [-0.05, 0) is 45.3 Å². The van der Waals surface area contributed by atoms with E-state index in [4.69, 9.17) is 0 Å². The van der Waals surface area contributed by atoms with Crippen LogP contribution in [0.4, 0.5) is 0 Å². The van der Waals surface area contributed by atoms with Gasteiger partial charge in [-0.3, -0.25) is 4.79 Å². The van der Waals surface area contributed by atoms with Crippen LogP contribution < -0.4 is 5.32 Å². The number of fused-ring (bicyclic) bond motifs is 1. The van der Waals surface area contributed by atoms with E-state index < -0.39 is 0 Å². The Kier molecular flexibility index (Phi) is 3.57. The number of likely N-dealkylation sites (tertiary alicyclic amines) is 2. The summed E-state index contributed by atoms with van der Waals surface area (Å²) in [4.78, 5) is 17.6. The highest BCUT2D eigenvalue weighted by Gasteiger charge is 2.63. The van der Waals surface area contributed by atoms with E-state index in [-0.39, 0.29) is 10.8 Å². The number of nitrogens with one attached hydrogen (secondary N) is 1. The first-order valence-electron chi connectivity index (χ1n) is 8.17. The lowest BCUT2D eigenvalue weighted by molar-refractivity contribution is -0.134. The van der Waals surface area contributed by atoms with Gasteiger partial charge in [0.2, 0.25) is 5.91 Å². The molecule has 0 saturated carbocycles. The van der Waals surface area contributed by atoms with Crippen molar-refractivity contribution in [3.05, 3.63) is 0 Å². The van der Waals surface area contributed by atoms with Crippen molar-refractivity contribution in [2.24, 2.45) is 16.7 Å². The van der Waals surface area contributed by atoms with Gasteiger partial charge in [0, 0.05) is 31.6 Å². The minimum Gasteiger partial charge on any atom is -0.356 e. The summed E-state index contributed by atoms with van der Waals surface area (Å²) in [7, 11) is 2.20. The third-order valence-electron chi connectivity index (χ3n) is 5.87. The number of carbonyl (C=O) groups is 1. The lowest BCUT2D eigenvalue weighted by atomic mass is 9.60. The highest BCUT2D eigenvalue weighted by Crippen LogP contribution is 2.56. The highest BCUT2D eigenvalue weighted by atomic mass is 16.2. The average molecular weight is 279 g/mol. The normalized spacial score (nSPS) is 34.5. The van der Waals surface area contributed by atoms with Crippen LogP contribution in [-0.2, 0) is 4.79 Å². The Hall–Kier alpha value is -0.610. The summed E-state index contributed by atoms with van der Waals surface area (Å²) >= 11 is 0. The van der Waals surface area contributed by atoms with Gasteiger partial charge >= 0.3 is 0 Å². The predicted octanol–water partition coefficient (Wildman–Crippen LogP) is 1.18. The number of nitrogens with zero attached hydrogens (tertiary/aromatic N) is 2. The molecular weight excluding hydrogens is 250 g/mol. The Morgan fingerprint density at radius 3 is 2.45 bits per heavy atom. The minimum atomic E-state index is -0.0941. The molecular formula is C16H29N3O. The van der Waals surface area contributed by atoms with Gasteiger partial charge in [-0.15, -0.1) is 0 Å². The first-order chi connectivity index (χ1) is 9.47. The molecule has 1 atom stereocenters. The molecule has 2 spiro atoms. The Morgan fingerprint density at radius 2 is 1.90 bits per heavy atom. The van der Waals surface area contributed by atoms with Crippen molar-refractivity contribution < 1.29 is 4.79 Å². The van der Waals surface area contributed by atoms with E-state index in [0.29, 0.717) is 11.8 Å². The Morgan fingerprint density at radius 1 is 1.20 bits per heavy atom. The molecule has 0 aromatic heterocycles. The predicted molar refractivity (Wildman–Crippen MR) is 80.5 cm³/mol. The summed E-state index contributed by atoms with van der Waals surface area (Å²) in [5.74, 6) is 1.02. The number of carbonyl (C=O) groups excluding carboxylic acids is 1. The van der Waals surface area contributed by atoms with E-state index >= 15 is 0 Å². The van der Waals surface area contributed by atoms with Crippen molar-refractivity contribution in [1.82, 2.24) is 15.1 Å². The number of piperidine rings is 1. The molecule has 0 radical (unpaired) electrons. The first-order valence-corrected chi connectivity index (χ1v) is 8.17. The van der Waals surface area contributed by atoms with Crippen LogP contribution >= 0.6 is 0 Å². The number of hydrogen-bond acceptors (Lipinski definition) is 3. The molecule has 3 heterocycles. The molecule has 4 nitrogen and oxygen atoms in total. The summed E-state index contributed by atoms with van der Waals surface area (Å²) in [6.07, 6.45) is 3.42. The standard InChI is InChI=1S/C16H29N3O/c1-13(2)10-19-11-15(5-8-18(3)9-6-15)16(12-19)4-7-17-14(16)20/h13H,4-12H2,1-3H3,(H,17,20). The molecule has 0 bridgehead atoms. The van der Waals surface area contributed by atoms with Crippen LogP contribution in [0.1, 0.15) is 33.1 Å². The van der Waals surface area contributed by atoms with Crippen LogP contribution in [0.15, 0.2) is 0 Å². The van der Waals surface area contributed by atoms with Gasteiger partial charge in [0.15, 0.2) is 0 Å². The van der Waals surface area contributed by atoms with Gasteiger partial charge in [0.1, 0.15) is 0 Å². The Labute approximate surface area is 122 Å². The zero-order valence-electron chi connectivity index (χ0n) is 13.2. The maximum Gasteiger partial charge on any atom is 0.228 e. The molecule has 114 valence electrons. The highest BCUT2D eigenvalue weighted by molar-refractivity contribution is 5.86. The molecule has 3 fully saturated rings. The molecule has 3 saturated heterocycles. The zero-order valence-corrected chi connectivity index (χ0v) is 13.2. The van der Waals surface area contributed by atoms with E-state index in [0.717, 1.165) is 45.7 Å². The van der Waals surface area contributed by atoms with E-state index in [1.54, 1.807) is 0 Å². The second-order valence-corrected chi connectivity index (χ2v) is 7.74. The van der Waals surface area contributed by atoms with Crippen LogP contribution in [0.5, 0.6) is 0 Å². The second kappa shape index (κ2) is 4.99.